The number of carbonyl (C=O) groups is 1. The van der Waals surface area contributed by atoms with E-state index >= 15 is 0 Å². The highest BCUT2D eigenvalue weighted by molar-refractivity contribution is 9.10. The van der Waals surface area contributed by atoms with Crippen molar-refractivity contribution in [1.82, 2.24) is 0 Å². The monoisotopic (exact) mass is 229 g/mol. The van der Waals surface area contributed by atoms with Crippen LogP contribution in [0.5, 0.6) is 5.75 Å². The molecule has 0 aliphatic carbocycles. The van der Waals surface area contributed by atoms with Crippen molar-refractivity contribution in [3.05, 3.63) is 22.2 Å². The van der Waals surface area contributed by atoms with Crippen molar-refractivity contribution in [3.63, 3.8) is 0 Å². The van der Waals surface area contributed by atoms with E-state index in [2.05, 4.69) is 15.9 Å². The van der Waals surface area contributed by atoms with Crippen molar-refractivity contribution >= 4 is 27.9 Å². The molecule has 0 radical (unpaired) electrons. The highest BCUT2D eigenvalue weighted by Crippen LogP contribution is 2.27. The van der Waals surface area contributed by atoms with E-state index in [1.165, 1.54) is 0 Å². The summed E-state index contributed by atoms with van der Waals surface area (Å²) in [6, 6.07) is 3.30. The van der Waals surface area contributed by atoms with Crippen molar-refractivity contribution in [2.24, 2.45) is 0 Å². The fraction of sp³-hybridized carbons (Fsp3) is 0.125. The molecule has 0 spiro atoms. The summed E-state index contributed by atoms with van der Waals surface area (Å²) in [5.41, 5.74) is 6.43. The Balaban J connectivity index is 3.27. The quantitative estimate of drug-likeness (QED) is 0.623. The van der Waals surface area contributed by atoms with Crippen LogP contribution in [-0.4, -0.2) is 13.4 Å². The molecule has 0 saturated carbocycles. The van der Waals surface area contributed by atoms with Crippen LogP contribution < -0.4 is 10.5 Å². The zero-order valence-electron chi connectivity index (χ0n) is 6.50. The number of methoxy groups -OCH3 is 1. The number of hydrogen-bond donors (Lipinski definition) is 1. The summed E-state index contributed by atoms with van der Waals surface area (Å²) in [6.07, 6.45) is 0.707. The molecule has 3 nitrogen and oxygen atoms in total. The van der Waals surface area contributed by atoms with Crippen molar-refractivity contribution in [1.29, 1.82) is 0 Å². The summed E-state index contributed by atoms with van der Waals surface area (Å²) in [4.78, 5) is 10.5. The normalized spacial score (nSPS) is 9.50. The number of nitrogens with two attached hydrogens (primary N) is 1. The molecule has 0 fully saturated rings. The Hall–Kier alpha value is -1.03. The van der Waals surface area contributed by atoms with E-state index in [1.807, 2.05) is 0 Å². The average molecular weight is 230 g/mol. The molecule has 0 aliphatic rings. The Labute approximate surface area is 78.6 Å². The van der Waals surface area contributed by atoms with Gasteiger partial charge in [0.15, 0.2) is 6.29 Å². The van der Waals surface area contributed by atoms with Crippen molar-refractivity contribution < 1.29 is 9.53 Å². The number of halogens is 1. The molecule has 0 bridgehead atoms. The van der Waals surface area contributed by atoms with Crippen LogP contribution in [0, 0.1) is 0 Å². The van der Waals surface area contributed by atoms with Gasteiger partial charge in [-0.15, -0.1) is 0 Å². The van der Waals surface area contributed by atoms with Crippen LogP contribution >= 0.6 is 15.9 Å². The Morgan fingerprint density at radius 1 is 1.58 bits per heavy atom. The molecular formula is C8H8BrNO2. The number of carbonyl (C=O) groups excluding carboxylic acids is 1. The van der Waals surface area contributed by atoms with Gasteiger partial charge in [-0.25, -0.2) is 0 Å². The Bertz CT molecular complexity index is 289. The highest BCUT2D eigenvalue weighted by atomic mass is 79.9. The van der Waals surface area contributed by atoms with Crippen molar-refractivity contribution in [2.45, 2.75) is 0 Å². The van der Waals surface area contributed by atoms with Gasteiger partial charge in [0, 0.05) is 16.2 Å². The van der Waals surface area contributed by atoms with Gasteiger partial charge < -0.3 is 10.5 Å². The van der Waals surface area contributed by atoms with E-state index < -0.39 is 0 Å². The summed E-state index contributed by atoms with van der Waals surface area (Å²) in [5.74, 6) is 0.630. The number of benzene rings is 1. The summed E-state index contributed by atoms with van der Waals surface area (Å²) in [6.45, 7) is 0. The number of aldehydes is 1. The molecule has 1 rings (SSSR count). The van der Waals surface area contributed by atoms with E-state index in [-0.39, 0.29) is 0 Å². The third-order valence-electron chi connectivity index (χ3n) is 1.49. The van der Waals surface area contributed by atoms with Crippen molar-refractivity contribution in [3.8, 4) is 5.75 Å². The predicted molar refractivity (Wildman–Crippen MR) is 50.5 cm³/mol. The van der Waals surface area contributed by atoms with Crippen LogP contribution in [0.4, 0.5) is 5.69 Å². The van der Waals surface area contributed by atoms with Gasteiger partial charge in [0.05, 0.1) is 12.7 Å². The maximum absolute atomic E-state index is 10.5. The second kappa shape index (κ2) is 3.58. The number of anilines is 1. The molecule has 0 atom stereocenters. The highest BCUT2D eigenvalue weighted by Gasteiger charge is 2.05. The van der Waals surface area contributed by atoms with Gasteiger partial charge in [0.1, 0.15) is 5.75 Å². The van der Waals surface area contributed by atoms with Crippen LogP contribution in [-0.2, 0) is 0 Å². The molecule has 4 heteroatoms. The third kappa shape index (κ3) is 1.58. The standard InChI is InChI=1S/C8H8BrNO2/c1-12-5-2-7(9)6(4-11)8(10)3-5/h2-4H,10H2,1H3. The van der Waals surface area contributed by atoms with Gasteiger partial charge in [0.25, 0.3) is 0 Å². The van der Waals surface area contributed by atoms with Crippen molar-refractivity contribution in [2.75, 3.05) is 12.8 Å². The van der Waals surface area contributed by atoms with Gasteiger partial charge >= 0.3 is 0 Å². The van der Waals surface area contributed by atoms with Crippen LogP contribution in [0.3, 0.4) is 0 Å². The van der Waals surface area contributed by atoms with Gasteiger partial charge in [-0.2, -0.15) is 0 Å². The van der Waals surface area contributed by atoms with Gasteiger partial charge in [0.2, 0.25) is 0 Å². The molecular weight excluding hydrogens is 222 g/mol. The lowest BCUT2D eigenvalue weighted by atomic mass is 10.2. The van der Waals surface area contributed by atoms with Crippen LogP contribution in [0.25, 0.3) is 0 Å². The fourth-order valence-corrected chi connectivity index (χ4v) is 1.40. The SMILES string of the molecule is COc1cc(N)c(C=O)c(Br)c1. The molecule has 1 aromatic carbocycles. The summed E-state index contributed by atoms with van der Waals surface area (Å²) >= 11 is 3.21. The fourth-order valence-electron chi connectivity index (χ4n) is 0.855. The van der Waals surface area contributed by atoms with Gasteiger partial charge in [-0.05, 0) is 22.0 Å². The summed E-state index contributed by atoms with van der Waals surface area (Å²) in [5, 5.41) is 0. The van der Waals surface area contributed by atoms with E-state index in [0.29, 0.717) is 27.8 Å². The maximum atomic E-state index is 10.5. The lowest BCUT2D eigenvalue weighted by Gasteiger charge is -2.05. The Kier molecular flexibility index (Phi) is 2.70. The van der Waals surface area contributed by atoms with E-state index in [1.54, 1.807) is 19.2 Å². The molecule has 2 N–H and O–H groups in total. The first-order chi connectivity index (χ1) is 5.69. The zero-order chi connectivity index (χ0) is 9.14. The predicted octanol–water partition coefficient (Wildman–Crippen LogP) is 1.85. The smallest absolute Gasteiger partial charge is 0.153 e. The molecule has 64 valence electrons. The second-order valence-electron chi connectivity index (χ2n) is 2.23. The minimum absolute atomic E-state index is 0.413. The summed E-state index contributed by atoms with van der Waals surface area (Å²) < 4.78 is 5.60. The first-order valence-electron chi connectivity index (χ1n) is 3.27. The van der Waals surface area contributed by atoms with Crippen LogP contribution in [0.2, 0.25) is 0 Å². The molecule has 0 saturated heterocycles. The van der Waals surface area contributed by atoms with Crippen LogP contribution in [0.15, 0.2) is 16.6 Å². The number of ether oxygens (including phenoxy) is 1. The molecule has 0 amide bonds. The molecule has 0 aromatic heterocycles. The maximum Gasteiger partial charge on any atom is 0.153 e. The molecule has 0 heterocycles. The molecule has 12 heavy (non-hydrogen) atoms. The minimum atomic E-state index is 0.413. The number of nitrogen functional groups attached to an aromatic ring is 1. The van der Waals surface area contributed by atoms with Crippen LogP contribution in [0.1, 0.15) is 10.4 Å². The van der Waals surface area contributed by atoms with Gasteiger partial charge in [-0.3, -0.25) is 4.79 Å². The zero-order valence-corrected chi connectivity index (χ0v) is 8.09. The molecule has 1 aromatic rings. The topological polar surface area (TPSA) is 52.3 Å². The first-order valence-corrected chi connectivity index (χ1v) is 4.06. The number of hydrogen-bond acceptors (Lipinski definition) is 3. The largest absolute Gasteiger partial charge is 0.497 e. The number of rotatable bonds is 2. The molecule has 0 aliphatic heterocycles. The van der Waals surface area contributed by atoms with E-state index in [9.17, 15) is 4.79 Å². The lowest BCUT2D eigenvalue weighted by Crippen LogP contribution is -1.95. The average Bonchev–Trinajstić information content (AvgIpc) is 2.03. The molecule has 0 unspecified atom stereocenters. The third-order valence-corrected chi connectivity index (χ3v) is 2.14. The van der Waals surface area contributed by atoms with E-state index in [0.717, 1.165) is 0 Å². The van der Waals surface area contributed by atoms with E-state index in [4.69, 9.17) is 10.5 Å². The lowest BCUT2D eigenvalue weighted by molar-refractivity contribution is 0.112. The minimum Gasteiger partial charge on any atom is -0.497 e. The van der Waals surface area contributed by atoms with Gasteiger partial charge in [-0.1, -0.05) is 0 Å². The Morgan fingerprint density at radius 3 is 2.67 bits per heavy atom. The first kappa shape index (κ1) is 9.06. The second-order valence-corrected chi connectivity index (χ2v) is 3.08. The summed E-state index contributed by atoms with van der Waals surface area (Å²) in [7, 11) is 1.54. The Morgan fingerprint density at radius 2 is 2.25 bits per heavy atom.